The van der Waals surface area contributed by atoms with Crippen LogP contribution in [0.5, 0.6) is 5.75 Å². The van der Waals surface area contributed by atoms with Crippen molar-refractivity contribution in [1.82, 2.24) is 10.1 Å². The fourth-order valence-corrected chi connectivity index (χ4v) is 4.29. The second-order valence-electron chi connectivity index (χ2n) is 7.49. The van der Waals surface area contributed by atoms with Gasteiger partial charge in [-0.2, -0.15) is 0 Å². The van der Waals surface area contributed by atoms with Gasteiger partial charge in [0.1, 0.15) is 16.6 Å². The number of benzene rings is 2. The molecule has 2 aromatic heterocycles. The van der Waals surface area contributed by atoms with Gasteiger partial charge in [0.2, 0.25) is 0 Å². The van der Waals surface area contributed by atoms with Crippen LogP contribution in [0.2, 0.25) is 10.3 Å². The van der Waals surface area contributed by atoms with E-state index in [1.165, 1.54) is 5.56 Å². The Morgan fingerprint density at radius 1 is 1.09 bits per heavy atom. The van der Waals surface area contributed by atoms with E-state index in [-0.39, 0.29) is 10.7 Å². The third-order valence-corrected chi connectivity index (χ3v) is 6.09. The first kappa shape index (κ1) is 21.4. The molecule has 4 aromatic rings. The quantitative estimate of drug-likeness (QED) is 0.349. The minimum Gasteiger partial charge on any atom is -0.497 e. The number of hydrogen-bond acceptors (Lipinski definition) is 5. The van der Waals surface area contributed by atoms with Crippen LogP contribution in [0.4, 0.5) is 10.1 Å². The van der Waals surface area contributed by atoms with Gasteiger partial charge in [-0.15, -0.1) is 0 Å². The Hall–Kier alpha value is -3.42. The lowest BCUT2D eigenvalue weighted by atomic mass is 9.88. The summed E-state index contributed by atoms with van der Waals surface area (Å²) in [6, 6.07) is 14.0. The van der Waals surface area contributed by atoms with Gasteiger partial charge in [0.25, 0.3) is 5.91 Å². The second-order valence-corrected chi connectivity index (χ2v) is 8.21. The van der Waals surface area contributed by atoms with Crippen molar-refractivity contribution in [1.29, 1.82) is 0 Å². The van der Waals surface area contributed by atoms with Crippen LogP contribution in [0.3, 0.4) is 0 Å². The van der Waals surface area contributed by atoms with Gasteiger partial charge in [0, 0.05) is 22.4 Å². The summed E-state index contributed by atoms with van der Waals surface area (Å²) >= 11 is 11.5. The molecule has 0 bridgehead atoms. The average molecular weight is 484 g/mol. The third kappa shape index (κ3) is 3.94. The van der Waals surface area contributed by atoms with Gasteiger partial charge in [0.05, 0.1) is 12.7 Å². The van der Waals surface area contributed by atoms with Crippen molar-refractivity contribution < 1.29 is 18.4 Å². The van der Waals surface area contributed by atoms with Crippen molar-refractivity contribution in [3.05, 3.63) is 81.3 Å². The Labute approximate surface area is 198 Å². The van der Waals surface area contributed by atoms with Gasteiger partial charge in [-0.3, -0.25) is 4.79 Å². The molecule has 2 heterocycles. The topological polar surface area (TPSA) is 77.3 Å². The molecule has 1 aliphatic rings. The summed E-state index contributed by atoms with van der Waals surface area (Å²) in [5, 5.41) is 6.42. The number of hydrogen-bond donors (Lipinski definition) is 1. The molecular weight excluding hydrogens is 468 g/mol. The lowest BCUT2D eigenvalue weighted by molar-refractivity contribution is 0.102. The van der Waals surface area contributed by atoms with Crippen LogP contribution in [-0.2, 0) is 12.8 Å². The Balaban J connectivity index is 1.38. The molecule has 0 spiro atoms. The van der Waals surface area contributed by atoms with Gasteiger partial charge in [-0.05, 0) is 66.9 Å². The molecule has 0 saturated carbocycles. The van der Waals surface area contributed by atoms with E-state index >= 15 is 0 Å². The molecule has 1 amide bonds. The highest BCUT2D eigenvalue weighted by Gasteiger charge is 2.25. The highest BCUT2D eigenvalue weighted by Crippen LogP contribution is 2.39. The monoisotopic (exact) mass is 483 g/mol. The number of pyridine rings is 1. The number of aryl methyl sites for hydroxylation is 1. The summed E-state index contributed by atoms with van der Waals surface area (Å²) in [4.78, 5) is 16.1. The first-order chi connectivity index (χ1) is 15.9. The summed E-state index contributed by atoms with van der Waals surface area (Å²) in [6.45, 7) is 0. The summed E-state index contributed by atoms with van der Waals surface area (Å²) in [5.41, 5.74) is 5.31. The maximum atomic E-state index is 13.7. The Morgan fingerprint density at radius 3 is 2.64 bits per heavy atom. The Morgan fingerprint density at radius 2 is 1.88 bits per heavy atom. The number of nitrogens with zero attached hydrogens (tertiary/aromatic N) is 2. The fourth-order valence-electron chi connectivity index (χ4n) is 3.88. The first-order valence-electron chi connectivity index (χ1n) is 10.0. The number of carbonyl (C=O) groups excluding carboxylic acids is 1. The molecule has 0 radical (unpaired) electrons. The van der Waals surface area contributed by atoms with E-state index in [0.29, 0.717) is 11.4 Å². The molecule has 5 rings (SSSR count). The van der Waals surface area contributed by atoms with Crippen molar-refractivity contribution >= 4 is 34.8 Å². The molecule has 0 fully saturated rings. The highest BCUT2D eigenvalue weighted by atomic mass is 35.5. The third-order valence-electron chi connectivity index (χ3n) is 5.54. The zero-order chi connectivity index (χ0) is 23.1. The number of halogens is 3. The summed E-state index contributed by atoms with van der Waals surface area (Å²) in [7, 11) is 1.65. The number of amides is 1. The second kappa shape index (κ2) is 8.50. The number of aromatic nitrogens is 2. The van der Waals surface area contributed by atoms with Crippen molar-refractivity contribution in [2.75, 3.05) is 12.4 Å². The molecule has 0 atom stereocenters. The first-order valence-corrected chi connectivity index (χ1v) is 10.8. The fraction of sp³-hybridized carbons (Fsp3) is 0.125. The largest absolute Gasteiger partial charge is 0.497 e. The van der Waals surface area contributed by atoms with E-state index in [4.69, 9.17) is 32.5 Å². The number of methoxy groups -OCH3 is 1. The molecule has 33 heavy (non-hydrogen) atoms. The molecule has 0 unspecified atom stereocenters. The van der Waals surface area contributed by atoms with Crippen LogP contribution in [-0.4, -0.2) is 23.2 Å². The zero-order valence-electron chi connectivity index (χ0n) is 17.3. The standard InChI is InChI=1S/C24H16Cl2FN3O3/c1-32-15-7-9-16-13(10-15)4-8-17-20(16)30-33-21(17)12-2-5-14(6-3-12)28-24(31)18-11-19(27)23(26)29-22(18)25/h2-3,5-7,9-11H,4,8H2,1H3,(H,28,31). The van der Waals surface area contributed by atoms with E-state index in [0.717, 1.165) is 47.0 Å². The molecule has 2 aromatic carbocycles. The molecule has 0 saturated heterocycles. The van der Waals surface area contributed by atoms with Gasteiger partial charge >= 0.3 is 0 Å². The number of anilines is 1. The van der Waals surface area contributed by atoms with Crippen LogP contribution in [0.1, 0.15) is 21.5 Å². The van der Waals surface area contributed by atoms with E-state index < -0.39 is 16.9 Å². The normalized spacial score (nSPS) is 12.1. The van der Waals surface area contributed by atoms with Crippen molar-refractivity contribution in [3.63, 3.8) is 0 Å². The van der Waals surface area contributed by atoms with E-state index in [1.807, 2.05) is 30.3 Å². The van der Waals surface area contributed by atoms with E-state index in [2.05, 4.69) is 15.5 Å². The van der Waals surface area contributed by atoms with Crippen LogP contribution in [0.25, 0.3) is 22.6 Å². The number of nitrogens with one attached hydrogen (secondary N) is 1. The Bertz CT molecular complexity index is 1390. The maximum absolute atomic E-state index is 13.7. The van der Waals surface area contributed by atoms with E-state index in [1.54, 1.807) is 19.2 Å². The van der Waals surface area contributed by atoms with Crippen LogP contribution < -0.4 is 10.1 Å². The SMILES string of the molecule is COc1ccc2c(c1)CCc1c-2noc1-c1ccc(NC(=O)c2cc(F)c(Cl)nc2Cl)cc1. The number of fused-ring (bicyclic) bond motifs is 3. The number of carbonyl (C=O) groups is 1. The molecule has 6 nitrogen and oxygen atoms in total. The smallest absolute Gasteiger partial charge is 0.258 e. The minimum absolute atomic E-state index is 0.109. The van der Waals surface area contributed by atoms with Crippen LogP contribution >= 0.6 is 23.2 Å². The molecule has 1 aliphatic carbocycles. The predicted octanol–water partition coefficient (Wildman–Crippen LogP) is 6.21. The molecular formula is C24H16Cl2FN3O3. The molecule has 0 aliphatic heterocycles. The van der Waals surface area contributed by atoms with Crippen molar-refractivity contribution in [3.8, 4) is 28.3 Å². The molecule has 166 valence electrons. The zero-order valence-corrected chi connectivity index (χ0v) is 18.8. The van der Waals surface area contributed by atoms with E-state index in [9.17, 15) is 9.18 Å². The van der Waals surface area contributed by atoms with Gasteiger partial charge in [-0.1, -0.05) is 28.4 Å². The lowest BCUT2D eigenvalue weighted by Crippen LogP contribution is -2.13. The number of rotatable bonds is 4. The Kier molecular flexibility index (Phi) is 5.52. The van der Waals surface area contributed by atoms with Crippen molar-refractivity contribution in [2.24, 2.45) is 0 Å². The van der Waals surface area contributed by atoms with Gasteiger partial charge < -0.3 is 14.6 Å². The summed E-state index contributed by atoms with van der Waals surface area (Å²) in [5.74, 6) is 0.0879. The van der Waals surface area contributed by atoms with Gasteiger partial charge in [-0.25, -0.2) is 9.37 Å². The predicted molar refractivity (Wildman–Crippen MR) is 124 cm³/mol. The molecule has 9 heteroatoms. The summed E-state index contributed by atoms with van der Waals surface area (Å²) in [6.07, 6.45) is 1.65. The lowest BCUT2D eigenvalue weighted by Gasteiger charge is -2.16. The number of ether oxygens (including phenoxy) is 1. The van der Waals surface area contributed by atoms with Gasteiger partial charge in [0.15, 0.2) is 16.7 Å². The summed E-state index contributed by atoms with van der Waals surface area (Å²) < 4.78 is 24.7. The molecule has 1 N–H and O–H groups in total. The van der Waals surface area contributed by atoms with Crippen LogP contribution in [0.15, 0.2) is 53.1 Å². The highest BCUT2D eigenvalue weighted by molar-refractivity contribution is 6.35. The van der Waals surface area contributed by atoms with Crippen LogP contribution in [0, 0.1) is 5.82 Å². The average Bonchev–Trinajstić information content (AvgIpc) is 3.26. The maximum Gasteiger partial charge on any atom is 0.258 e. The minimum atomic E-state index is -0.823. The van der Waals surface area contributed by atoms with Crippen molar-refractivity contribution in [2.45, 2.75) is 12.8 Å².